The highest BCUT2D eigenvalue weighted by atomic mass is 32.2. The van der Waals surface area contributed by atoms with Gasteiger partial charge in [-0.1, -0.05) is 34.1 Å². The SMILES string of the molecule is CCC1C(O)C2C3CCC(C(C)CC4(C)SC4C(=O)NCC(=O)O)C3(C)CCC2C2(C)CCC(O)CC12. The van der Waals surface area contributed by atoms with Crippen molar-refractivity contribution in [3.8, 4) is 0 Å². The van der Waals surface area contributed by atoms with Gasteiger partial charge in [0, 0.05) is 4.75 Å². The summed E-state index contributed by atoms with van der Waals surface area (Å²) in [5.74, 6) is 2.08. The summed E-state index contributed by atoms with van der Waals surface area (Å²) < 4.78 is -0.116. The van der Waals surface area contributed by atoms with Gasteiger partial charge in [-0.05, 0) is 111 Å². The van der Waals surface area contributed by atoms with E-state index in [9.17, 15) is 19.8 Å². The molecule has 0 aromatic heterocycles. The molecule has 0 radical (unpaired) electrons. The molecule has 4 saturated carbocycles. The molecular formula is C30H49NO5S. The average molecular weight is 536 g/mol. The molecule has 6 nitrogen and oxygen atoms in total. The first-order valence-electron chi connectivity index (χ1n) is 14.9. The molecule has 1 aliphatic heterocycles. The molecule has 7 heteroatoms. The molecule has 0 bridgehead atoms. The number of carbonyl (C=O) groups is 2. The molecule has 1 saturated heterocycles. The van der Waals surface area contributed by atoms with Crippen LogP contribution in [0.5, 0.6) is 0 Å². The first kappa shape index (κ1) is 27.8. The molecule has 4 aliphatic carbocycles. The maximum absolute atomic E-state index is 12.5. The minimum Gasteiger partial charge on any atom is -0.480 e. The normalized spacial score (nSPS) is 51.4. The van der Waals surface area contributed by atoms with E-state index >= 15 is 0 Å². The second-order valence-electron chi connectivity index (χ2n) is 14.2. The van der Waals surface area contributed by atoms with Crippen molar-refractivity contribution in [2.24, 2.45) is 52.3 Å². The van der Waals surface area contributed by atoms with Crippen molar-refractivity contribution < 1.29 is 24.9 Å². The zero-order chi connectivity index (χ0) is 26.9. The van der Waals surface area contributed by atoms with Crippen LogP contribution in [0.3, 0.4) is 0 Å². The van der Waals surface area contributed by atoms with E-state index in [2.05, 4.69) is 39.9 Å². The summed E-state index contributed by atoms with van der Waals surface area (Å²) in [5.41, 5.74) is 0.442. The predicted octanol–water partition coefficient (Wildman–Crippen LogP) is 4.71. The second kappa shape index (κ2) is 9.69. The molecule has 13 unspecified atom stereocenters. The minimum absolute atomic E-state index is 0.116. The lowest BCUT2D eigenvalue weighted by Crippen LogP contribution is -2.62. The number of hydrogen-bond acceptors (Lipinski definition) is 5. The van der Waals surface area contributed by atoms with E-state index in [4.69, 9.17) is 5.11 Å². The number of carbonyl (C=O) groups excluding carboxylic acids is 1. The van der Waals surface area contributed by atoms with Crippen LogP contribution in [0.2, 0.25) is 0 Å². The molecule has 210 valence electrons. The summed E-state index contributed by atoms with van der Waals surface area (Å²) in [4.78, 5) is 23.4. The summed E-state index contributed by atoms with van der Waals surface area (Å²) in [6.45, 7) is 11.5. The Balaban J connectivity index is 1.31. The summed E-state index contributed by atoms with van der Waals surface area (Å²) in [5, 5.41) is 33.7. The van der Waals surface area contributed by atoms with E-state index in [0.29, 0.717) is 35.5 Å². The van der Waals surface area contributed by atoms with Crippen LogP contribution >= 0.6 is 11.8 Å². The van der Waals surface area contributed by atoms with Crippen LogP contribution in [0.4, 0.5) is 0 Å². The highest BCUT2D eigenvalue weighted by Crippen LogP contribution is 2.70. The van der Waals surface area contributed by atoms with Crippen LogP contribution in [0.15, 0.2) is 0 Å². The number of hydrogen-bond donors (Lipinski definition) is 4. The van der Waals surface area contributed by atoms with Crippen molar-refractivity contribution in [3.63, 3.8) is 0 Å². The summed E-state index contributed by atoms with van der Waals surface area (Å²) >= 11 is 1.68. The third-order valence-corrected chi connectivity index (χ3v) is 14.1. The fourth-order valence-corrected chi connectivity index (χ4v) is 11.9. The molecule has 1 amide bonds. The molecule has 0 spiro atoms. The lowest BCUT2D eigenvalue weighted by Gasteiger charge is -2.64. The van der Waals surface area contributed by atoms with Gasteiger partial charge >= 0.3 is 5.97 Å². The molecule has 1 heterocycles. The van der Waals surface area contributed by atoms with Gasteiger partial charge in [0.25, 0.3) is 0 Å². The van der Waals surface area contributed by atoms with E-state index in [0.717, 1.165) is 32.1 Å². The highest BCUT2D eigenvalue weighted by molar-refractivity contribution is 8.09. The lowest BCUT2D eigenvalue weighted by atomic mass is 9.41. The number of carboxylic acid groups (broad SMARTS) is 1. The largest absolute Gasteiger partial charge is 0.480 e. The Morgan fingerprint density at radius 2 is 1.68 bits per heavy atom. The van der Waals surface area contributed by atoms with Crippen LogP contribution in [0, 0.1) is 52.3 Å². The zero-order valence-corrected chi connectivity index (χ0v) is 24.2. The van der Waals surface area contributed by atoms with Gasteiger partial charge < -0.3 is 20.6 Å². The van der Waals surface area contributed by atoms with Crippen molar-refractivity contribution in [1.29, 1.82) is 0 Å². The molecule has 5 rings (SSSR count). The van der Waals surface area contributed by atoms with Gasteiger partial charge in [0.15, 0.2) is 0 Å². The Labute approximate surface area is 227 Å². The quantitative estimate of drug-likeness (QED) is 0.352. The number of aliphatic carboxylic acids is 1. The van der Waals surface area contributed by atoms with Gasteiger partial charge in [-0.15, -0.1) is 11.8 Å². The fraction of sp³-hybridized carbons (Fsp3) is 0.933. The van der Waals surface area contributed by atoms with Gasteiger partial charge in [-0.3, -0.25) is 9.59 Å². The molecule has 4 N–H and O–H groups in total. The number of amides is 1. The molecule has 0 aromatic rings. The van der Waals surface area contributed by atoms with Gasteiger partial charge in [-0.2, -0.15) is 0 Å². The van der Waals surface area contributed by atoms with Crippen molar-refractivity contribution in [1.82, 2.24) is 5.32 Å². The van der Waals surface area contributed by atoms with Crippen molar-refractivity contribution in [2.45, 2.75) is 115 Å². The monoisotopic (exact) mass is 535 g/mol. The lowest BCUT2D eigenvalue weighted by molar-refractivity contribution is -0.203. The molecule has 37 heavy (non-hydrogen) atoms. The molecule has 5 fully saturated rings. The summed E-state index contributed by atoms with van der Waals surface area (Å²) in [6, 6.07) is 0. The number of rotatable bonds is 7. The Hall–Kier alpha value is -0.790. The van der Waals surface area contributed by atoms with Crippen molar-refractivity contribution in [3.05, 3.63) is 0 Å². The summed E-state index contributed by atoms with van der Waals surface area (Å²) in [7, 11) is 0. The fourth-order valence-electron chi connectivity index (χ4n) is 10.7. The number of aliphatic hydroxyl groups excluding tert-OH is 2. The zero-order valence-electron chi connectivity index (χ0n) is 23.4. The number of thioether (sulfide) groups is 1. The minimum atomic E-state index is -1.01. The Kier molecular flexibility index (Phi) is 7.27. The number of fused-ring (bicyclic) bond motifs is 5. The smallest absolute Gasteiger partial charge is 0.322 e. The standard InChI is InChI=1S/C30H49NO5S/c1-6-18-22-13-17(32)9-11-29(22,4)21-10-12-28(3)19(7-8-20(28)24(21)25(18)35)16(2)14-30(5)26(37-30)27(36)31-15-23(33)34/h16-22,24-26,32,35H,6-15H2,1-5H3,(H,31,36)(H,33,34). The van der Waals surface area contributed by atoms with Crippen molar-refractivity contribution >= 4 is 23.6 Å². The van der Waals surface area contributed by atoms with Gasteiger partial charge in [0.2, 0.25) is 5.91 Å². The number of nitrogens with one attached hydrogen (secondary N) is 1. The topological polar surface area (TPSA) is 107 Å². The van der Waals surface area contributed by atoms with Gasteiger partial charge in [0.1, 0.15) is 6.54 Å². The Morgan fingerprint density at radius 3 is 2.35 bits per heavy atom. The van der Waals surface area contributed by atoms with E-state index in [1.165, 1.54) is 25.7 Å². The Morgan fingerprint density at radius 1 is 1.00 bits per heavy atom. The van der Waals surface area contributed by atoms with E-state index in [1.807, 2.05) is 0 Å². The van der Waals surface area contributed by atoms with Crippen LogP contribution in [0.1, 0.15) is 92.4 Å². The third kappa shape index (κ3) is 4.47. The van der Waals surface area contributed by atoms with Crippen LogP contribution in [0.25, 0.3) is 0 Å². The van der Waals surface area contributed by atoms with Gasteiger partial charge in [0.05, 0.1) is 17.5 Å². The highest BCUT2D eigenvalue weighted by Gasteiger charge is 2.65. The third-order valence-electron chi connectivity index (χ3n) is 12.4. The maximum Gasteiger partial charge on any atom is 0.322 e. The molecular weight excluding hydrogens is 486 g/mol. The van der Waals surface area contributed by atoms with E-state index in [-0.39, 0.29) is 51.4 Å². The van der Waals surface area contributed by atoms with E-state index < -0.39 is 5.97 Å². The van der Waals surface area contributed by atoms with Crippen molar-refractivity contribution in [2.75, 3.05) is 6.54 Å². The first-order chi connectivity index (χ1) is 17.4. The van der Waals surface area contributed by atoms with Crippen LogP contribution in [-0.4, -0.2) is 55.9 Å². The average Bonchev–Trinajstić information content (AvgIpc) is 3.36. The molecule has 0 aromatic carbocycles. The number of aliphatic hydroxyl groups is 2. The van der Waals surface area contributed by atoms with Crippen LogP contribution in [-0.2, 0) is 9.59 Å². The van der Waals surface area contributed by atoms with Gasteiger partial charge in [-0.25, -0.2) is 0 Å². The Bertz CT molecular complexity index is 914. The predicted molar refractivity (Wildman–Crippen MR) is 146 cm³/mol. The maximum atomic E-state index is 12.5. The molecule has 5 aliphatic rings. The number of carboxylic acids is 1. The molecule has 13 atom stereocenters. The first-order valence-corrected chi connectivity index (χ1v) is 15.8. The second-order valence-corrected chi connectivity index (χ2v) is 15.9. The van der Waals surface area contributed by atoms with E-state index in [1.54, 1.807) is 11.8 Å². The summed E-state index contributed by atoms with van der Waals surface area (Å²) in [6.07, 6.45) is 9.12. The van der Waals surface area contributed by atoms with Crippen LogP contribution < -0.4 is 5.32 Å².